The van der Waals surface area contributed by atoms with Gasteiger partial charge in [-0.2, -0.15) is 0 Å². The van der Waals surface area contributed by atoms with Gasteiger partial charge in [-0.25, -0.2) is 4.98 Å². The van der Waals surface area contributed by atoms with Gasteiger partial charge < -0.3 is 10.6 Å². The predicted molar refractivity (Wildman–Crippen MR) is 139 cm³/mol. The summed E-state index contributed by atoms with van der Waals surface area (Å²) in [6, 6.07) is 22.3. The van der Waals surface area contributed by atoms with Crippen LogP contribution in [0.15, 0.2) is 89.1 Å². The molecule has 176 valence electrons. The van der Waals surface area contributed by atoms with Crippen molar-refractivity contribution in [3.05, 3.63) is 99.9 Å². The highest BCUT2D eigenvalue weighted by Crippen LogP contribution is 2.29. The first kappa shape index (κ1) is 24.1. The number of non-ortho nitro benzene ring substituents is 1. The van der Waals surface area contributed by atoms with Crippen molar-refractivity contribution in [2.45, 2.75) is 17.1 Å². The monoisotopic (exact) mass is 504 g/mol. The average molecular weight is 505 g/mol. The van der Waals surface area contributed by atoms with E-state index in [2.05, 4.69) is 15.6 Å². The van der Waals surface area contributed by atoms with Gasteiger partial charge in [0.25, 0.3) is 11.6 Å². The summed E-state index contributed by atoms with van der Waals surface area (Å²) in [6.07, 6.45) is 0. The number of benzene rings is 3. The Kier molecular flexibility index (Phi) is 7.54. The molecule has 0 aliphatic heterocycles. The third-order valence-electron chi connectivity index (χ3n) is 4.90. The van der Waals surface area contributed by atoms with Crippen LogP contribution < -0.4 is 10.6 Å². The van der Waals surface area contributed by atoms with Gasteiger partial charge in [-0.15, -0.1) is 23.1 Å². The number of hydrogen-bond acceptors (Lipinski definition) is 7. The van der Waals surface area contributed by atoms with E-state index < -0.39 is 16.1 Å². The standard InChI is InChI=1S/C25H20N4O4S2/c1-16(23(30)28-25-27-22(15-34-25)17-7-3-2-4-8-17)35-21-12-6-10-19(14-21)26-24(31)18-9-5-11-20(13-18)29(32)33/h2-16H,1H3,(H,26,31)(H,27,28,30). The Balaban J connectivity index is 1.37. The molecule has 4 aromatic rings. The highest BCUT2D eigenvalue weighted by Gasteiger charge is 2.17. The molecule has 0 aliphatic rings. The Labute approximate surface area is 209 Å². The molecule has 2 N–H and O–H groups in total. The number of rotatable bonds is 8. The van der Waals surface area contributed by atoms with Crippen LogP contribution in [0.3, 0.4) is 0 Å². The molecular formula is C25H20N4O4S2. The van der Waals surface area contributed by atoms with E-state index in [-0.39, 0.29) is 17.2 Å². The van der Waals surface area contributed by atoms with Gasteiger partial charge >= 0.3 is 0 Å². The Morgan fingerprint density at radius 3 is 2.54 bits per heavy atom. The summed E-state index contributed by atoms with van der Waals surface area (Å²) in [5, 5.41) is 18.6. The van der Waals surface area contributed by atoms with Gasteiger partial charge in [-0.3, -0.25) is 19.7 Å². The zero-order chi connectivity index (χ0) is 24.8. The van der Waals surface area contributed by atoms with E-state index in [1.165, 1.54) is 47.4 Å². The van der Waals surface area contributed by atoms with E-state index in [4.69, 9.17) is 0 Å². The first-order chi connectivity index (χ1) is 16.9. The molecule has 10 heteroatoms. The first-order valence-electron chi connectivity index (χ1n) is 10.5. The van der Waals surface area contributed by atoms with E-state index in [1.54, 1.807) is 25.1 Å². The minimum Gasteiger partial charge on any atom is -0.322 e. The Morgan fingerprint density at radius 1 is 1.00 bits per heavy atom. The maximum absolute atomic E-state index is 12.7. The van der Waals surface area contributed by atoms with Gasteiger partial charge in [0.15, 0.2) is 5.13 Å². The second kappa shape index (κ2) is 10.9. The molecule has 1 aromatic heterocycles. The lowest BCUT2D eigenvalue weighted by Crippen LogP contribution is -2.22. The van der Waals surface area contributed by atoms with Crippen molar-refractivity contribution in [1.29, 1.82) is 0 Å². The van der Waals surface area contributed by atoms with Crippen LogP contribution in [0.1, 0.15) is 17.3 Å². The van der Waals surface area contributed by atoms with Gasteiger partial charge in [0.05, 0.1) is 15.9 Å². The number of anilines is 2. The van der Waals surface area contributed by atoms with Crippen molar-refractivity contribution >= 4 is 51.4 Å². The molecule has 35 heavy (non-hydrogen) atoms. The second-order valence-electron chi connectivity index (χ2n) is 7.44. The molecule has 3 aromatic carbocycles. The van der Waals surface area contributed by atoms with Gasteiger partial charge in [0.2, 0.25) is 5.91 Å². The zero-order valence-electron chi connectivity index (χ0n) is 18.5. The maximum Gasteiger partial charge on any atom is 0.270 e. The fourth-order valence-corrected chi connectivity index (χ4v) is 4.80. The number of carbonyl (C=O) groups is 2. The van der Waals surface area contributed by atoms with Crippen LogP contribution in [0.2, 0.25) is 0 Å². The van der Waals surface area contributed by atoms with Crippen LogP contribution in [0, 0.1) is 10.1 Å². The number of hydrogen-bond donors (Lipinski definition) is 2. The topological polar surface area (TPSA) is 114 Å². The van der Waals surface area contributed by atoms with Crippen LogP contribution in [0.25, 0.3) is 11.3 Å². The molecule has 4 rings (SSSR count). The number of nitro groups is 1. The molecule has 1 heterocycles. The Morgan fingerprint density at radius 2 is 1.77 bits per heavy atom. The third kappa shape index (κ3) is 6.31. The molecule has 0 saturated carbocycles. The molecular weight excluding hydrogens is 484 g/mol. The molecule has 2 amide bonds. The van der Waals surface area contributed by atoms with Crippen LogP contribution in [-0.2, 0) is 4.79 Å². The first-order valence-corrected chi connectivity index (χ1v) is 12.3. The summed E-state index contributed by atoms with van der Waals surface area (Å²) >= 11 is 2.71. The van der Waals surface area contributed by atoms with Crippen LogP contribution in [0.4, 0.5) is 16.5 Å². The maximum atomic E-state index is 12.7. The van der Waals surface area contributed by atoms with Crippen LogP contribution in [0.5, 0.6) is 0 Å². The number of amides is 2. The van der Waals surface area contributed by atoms with Crippen molar-refractivity contribution in [3.8, 4) is 11.3 Å². The highest BCUT2D eigenvalue weighted by molar-refractivity contribution is 8.00. The molecule has 0 saturated heterocycles. The fourth-order valence-electron chi connectivity index (χ4n) is 3.15. The molecule has 0 fully saturated rings. The Bertz CT molecular complexity index is 1370. The summed E-state index contributed by atoms with van der Waals surface area (Å²) in [7, 11) is 0. The number of nitrogens with zero attached hydrogens (tertiary/aromatic N) is 2. The van der Waals surface area contributed by atoms with E-state index in [1.807, 2.05) is 41.8 Å². The smallest absolute Gasteiger partial charge is 0.270 e. The fraction of sp³-hybridized carbons (Fsp3) is 0.0800. The largest absolute Gasteiger partial charge is 0.322 e. The van der Waals surface area contributed by atoms with Gasteiger partial charge in [0.1, 0.15) is 0 Å². The lowest BCUT2D eigenvalue weighted by atomic mass is 10.2. The number of thiazole rings is 1. The highest BCUT2D eigenvalue weighted by atomic mass is 32.2. The molecule has 1 unspecified atom stereocenters. The predicted octanol–water partition coefficient (Wildman–Crippen LogP) is 6.09. The van der Waals surface area contributed by atoms with Gasteiger partial charge in [0, 0.05) is 39.2 Å². The van der Waals surface area contributed by atoms with Gasteiger partial charge in [-0.1, -0.05) is 42.5 Å². The van der Waals surface area contributed by atoms with Crippen molar-refractivity contribution in [2.24, 2.45) is 0 Å². The van der Waals surface area contributed by atoms with Crippen LogP contribution >= 0.6 is 23.1 Å². The number of aromatic nitrogens is 1. The van der Waals surface area contributed by atoms with E-state index >= 15 is 0 Å². The molecule has 0 radical (unpaired) electrons. The molecule has 1 atom stereocenters. The minimum atomic E-state index is -0.547. The number of thioether (sulfide) groups is 1. The van der Waals surface area contributed by atoms with Gasteiger partial charge in [-0.05, 0) is 31.2 Å². The van der Waals surface area contributed by atoms with E-state index in [9.17, 15) is 19.7 Å². The summed E-state index contributed by atoms with van der Waals surface area (Å²) < 4.78 is 0. The summed E-state index contributed by atoms with van der Waals surface area (Å²) in [5.74, 6) is -0.644. The lowest BCUT2D eigenvalue weighted by Gasteiger charge is -2.12. The number of nitro benzene ring substituents is 1. The second-order valence-corrected chi connectivity index (χ2v) is 9.71. The SMILES string of the molecule is CC(Sc1cccc(NC(=O)c2cccc([N+](=O)[O-])c2)c1)C(=O)Nc1nc(-c2ccccc2)cs1. The minimum absolute atomic E-state index is 0.155. The third-order valence-corrected chi connectivity index (χ3v) is 6.75. The van der Waals surface area contributed by atoms with Crippen molar-refractivity contribution in [3.63, 3.8) is 0 Å². The summed E-state index contributed by atoms with van der Waals surface area (Å²) in [6.45, 7) is 1.79. The number of nitrogens with one attached hydrogen (secondary N) is 2. The van der Waals surface area contributed by atoms with E-state index in [0.29, 0.717) is 10.8 Å². The quantitative estimate of drug-likeness (QED) is 0.170. The summed E-state index contributed by atoms with van der Waals surface area (Å²) in [5.41, 5.74) is 2.34. The zero-order valence-corrected chi connectivity index (χ0v) is 20.1. The van der Waals surface area contributed by atoms with Crippen molar-refractivity contribution < 1.29 is 14.5 Å². The lowest BCUT2D eigenvalue weighted by molar-refractivity contribution is -0.384. The van der Waals surface area contributed by atoms with Crippen molar-refractivity contribution in [2.75, 3.05) is 10.6 Å². The average Bonchev–Trinajstić information content (AvgIpc) is 3.33. The number of carbonyl (C=O) groups excluding carboxylic acids is 2. The summed E-state index contributed by atoms with van der Waals surface area (Å²) in [4.78, 5) is 40.9. The van der Waals surface area contributed by atoms with E-state index in [0.717, 1.165) is 16.2 Å². The molecule has 0 bridgehead atoms. The van der Waals surface area contributed by atoms with Crippen molar-refractivity contribution in [1.82, 2.24) is 4.98 Å². The molecule has 0 aliphatic carbocycles. The van der Waals surface area contributed by atoms with Crippen LogP contribution in [-0.4, -0.2) is 27.0 Å². The molecule has 8 nitrogen and oxygen atoms in total. The normalized spacial score (nSPS) is 11.5. The molecule has 0 spiro atoms. The Hall–Kier alpha value is -4.02.